The fourth-order valence-electron chi connectivity index (χ4n) is 1.83. The predicted molar refractivity (Wildman–Crippen MR) is 66.6 cm³/mol. The highest BCUT2D eigenvalue weighted by Gasteiger charge is 2.19. The Morgan fingerprint density at radius 1 is 1.50 bits per heavy atom. The molecule has 0 saturated heterocycles. The van der Waals surface area contributed by atoms with Gasteiger partial charge in [-0.1, -0.05) is 0 Å². The van der Waals surface area contributed by atoms with Gasteiger partial charge in [-0.25, -0.2) is 4.98 Å². The van der Waals surface area contributed by atoms with Gasteiger partial charge in [-0.3, -0.25) is 0 Å². The molecule has 2 aromatic rings. The lowest BCUT2D eigenvalue weighted by Crippen LogP contribution is -2.21. The maximum Gasteiger partial charge on any atom is 0.0951 e. The summed E-state index contributed by atoms with van der Waals surface area (Å²) in [5, 5.41) is 7.80. The van der Waals surface area contributed by atoms with Crippen molar-refractivity contribution >= 4 is 11.3 Å². The third-order valence-corrected chi connectivity index (χ3v) is 3.58. The zero-order valence-electron chi connectivity index (χ0n) is 9.10. The lowest BCUT2D eigenvalue weighted by atomic mass is 10.2. The van der Waals surface area contributed by atoms with Crippen molar-refractivity contribution in [3.63, 3.8) is 0 Å². The molecule has 3 rings (SSSR count). The molecule has 0 spiro atoms. The predicted octanol–water partition coefficient (Wildman–Crippen LogP) is 2.36. The van der Waals surface area contributed by atoms with E-state index in [0.29, 0.717) is 0 Å². The fourth-order valence-corrected chi connectivity index (χ4v) is 2.48. The average Bonchev–Trinajstić information content (AvgIpc) is 2.82. The van der Waals surface area contributed by atoms with E-state index in [-0.39, 0.29) is 0 Å². The Kier molecular flexibility index (Phi) is 2.76. The number of rotatable bonds is 5. The zero-order valence-corrected chi connectivity index (χ0v) is 9.91. The van der Waals surface area contributed by atoms with Crippen molar-refractivity contribution in [2.75, 3.05) is 6.54 Å². The molecule has 0 bridgehead atoms. The first kappa shape index (κ1) is 10.1. The Morgan fingerprint density at radius 2 is 2.44 bits per heavy atom. The van der Waals surface area contributed by atoms with Crippen LogP contribution in [0.15, 0.2) is 29.4 Å². The maximum absolute atomic E-state index is 4.23. The lowest BCUT2D eigenvalue weighted by molar-refractivity contribution is 0.598. The summed E-state index contributed by atoms with van der Waals surface area (Å²) in [6.45, 7) is 2.04. The summed E-state index contributed by atoms with van der Waals surface area (Å²) >= 11 is 1.73. The Hall–Kier alpha value is -1.13. The number of nitrogens with zero attached hydrogens (tertiary/aromatic N) is 2. The van der Waals surface area contributed by atoms with Gasteiger partial charge in [0.2, 0.25) is 0 Å². The molecule has 0 atom stereocenters. The van der Waals surface area contributed by atoms with Gasteiger partial charge in [-0.2, -0.15) is 11.3 Å². The highest BCUT2D eigenvalue weighted by Crippen LogP contribution is 2.22. The van der Waals surface area contributed by atoms with E-state index in [9.17, 15) is 0 Å². The smallest absolute Gasteiger partial charge is 0.0951 e. The summed E-state index contributed by atoms with van der Waals surface area (Å²) in [5.41, 5.74) is 2.49. The standard InChI is InChI=1S/C12H15N3S/c1-2-11(1)14-4-5-15-9-13-7-12(15)10-3-6-16-8-10/h3,6-9,11,14H,1-2,4-5H2. The van der Waals surface area contributed by atoms with Crippen molar-refractivity contribution in [2.45, 2.75) is 25.4 Å². The summed E-state index contributed by atoms with van der Waals surface area (Å²) in [6.07, 6.45) is 6.56. The number of aromatic nitrogens is 2. The van der Waals surface area contributed by atoms with E-state index in [1.54, 1.807) is 11.3 Å². The molecule has 0 unspecified atom stereocenters. The van der Waals surface area contributed by atoms with E-state index in [4.69, 9.17) is 0 Å². The van der Waals surface area contributed by atoms with Gasteiger partial charge in [0.15, 0.2) is 0 Å². The van der Waals surface area contributed by atoms with E-state index in [1.807, 2.05) is 12.5 Å². The van der Waals surface area contributed by atoms with Crippen LogP contribution in [0.2, 0.25) is 0 Å². The van der Waals surface area contributed by atoms with Crippen molar-refractivity contribution in [2.24, 2.45) is 0 Å². The first-order valence-corrected chi connectivity index (χ1v) is 6.64. The Balaban J connectivity index is 1.67. The molecule has 0 aromatic carbocycles. The highest BCUT2D eigenvalue weighted by atomic mass is 32.1. The third kappa shape index (κ3) is 2.18. The average molecular weight is 233 g/mol. The second-order valence-corrected chi connectivity index (χ2v) is 4.99. The van der Waals surface area contributed by atoms with Gasteiger partial charge in [0.1, 0.15) is 0 Å². The number of hydrogen-bond donors (Lipinski definition) is 1. The molecule has 1 aliphatic carbocycles. The van der Waals surface area contributed by atoms with Crippen LogP contribution in [0.3, 0.4) is 0 Å². The molecule has 0 aliphatic heterocycles. The summed E-state index contributed by atoms with van der Waals surface area (Å²) in [4.78, 5) is 4.23. The van der Waals surface area contributed by atoms with Gasteiger partial charge in [0, 0.05) is 30.1 Å². The van der Waals surface area contributed by atoms with Crippen LogP contribution in [-0.2, 0) is 6.54 Å². The molecule has 3 nitrogen and oxygen atoms in total. The molecular weight excluding hydrogens is 218 g/mol. The summed E-state index contributed by atoms with van der Waals surface area (Å²) in [6, 6.07) is 2.93. The van der Waals surface area contributed by atoms with Gasteiger partial charge >= 0.3 is 0 Å². The van der Waals surface area contributed by atoms with Gasteiger partial charge in [-0.15, -0.1) is 0 Å². The van der Waals surface area contributed by atoms with Crippen molar-refractivity contribution in [1.29, 1.82) is 0 Å². The molecule has 2 heterocycles. The molecule has 1 fully saturated rings. The van der Waals surface area contributed by atoms with E-state index < -0.39 is 0 Å². The quantitative estimate of drug-likeness (QED) is 0.859. The van der Waals surface area contributed by atoms with Gasteiger partial charge in [-0.05, 0) is 24.3 Å². The SMILES string of the molecule is c1cc(-c2cncn2CCNC2CC2)cs1. The first-order chi connectivity index (χ1) is 7.93. The van der Waals surface area contributed by atoms with E-state index in [2.05, 4.69) is 31.7 Å². The lowest BCUT2D eigenvalue weighted by Gasteiger charge is -2.07. The molecule has 0 radical (unpaired) electrons. The minimum Gasteiger partial charge on any atom is -0.329 e. The van der Waals surface area contributed by atoms with Gasteiger partial charge in [0.25, 0.3) is 0 Å². The topological polar surface area (TPSA) is 29.9 Å². The summed E-state index contributed by atoms with van der Waals surface area (Å²) in [5.74, 6) is 0. The molecule has 1 aliphatic rings. The van der Waals surface area contributed by atoms with Gasteiger partial charge < -0.3 is 9.88 Å². The fraction of sp³-hybridized carbons (Fsp3) is 0.417. The van der Waals surface area contributed by atoms with Crippen LogP contribution in [0.25, 0.3) is 11.3 Å². The minimum atomic E-state index is 0.785. The number of thiophene rings is 1. The molecule has 16 heavy (non-hydrogen) atoms. The van der Waals surface area contributed by atoms with E-state index in [0.717, 1.165) is 19.1 Å². The van der Waals surface area contributed by atoms with Crippen LogP contribution in [-0.4, -0.2) is 22.1 Å². The maximum atomic E-state index is 4.23. The molecule has 2 aromatic heterocycles. The molecule has 84 valence electrons. The van der Waals surface area contributed by atoms with Crippen molar-refractivity contribution in [1.82, 2.24) is 14.9 Å². The highest BCUT2D eigenvalue weighted by molar-refractivity contribution is 7.08. The largest absolute Gasteiger partial charge is 0.329 e. The summed E-state index contributed by atoms with van der Waals surface area (Å²) in [7, 11) is 0. The van der Waals surface area contributed by atoms with Crippen LogP contribution < -0.4 is 5.32 Å². The first-order valence-electron chi connectivity index (χ1n) is 5.69. The zero-order chi connectivity index (χ0) is 10.8. The molecule has 4 heteroatoms. The Bertz CT molecular complexity index is 443. The molecule has 0 amide bonds. The molecule has 1 N–H and O–H groups in total. The Labute approximate surface area is 99.1 Å². The van der Waals surface area contributed by atoms with Gasteiger partial charge in [0.05, 0.1) is 18.2 Å². The number of hydrogen-bond acceptors (Lipinski definition) is 3. The van der Waals surface area contributed by atoms with Crippen LogP contribution in [0.5, 0.6) is 0 Å². The number of imidazole rings is 1. The second kappa shape index (κ2) is 4.39. The normalized spacial score (nSPS) is 15.5. The van der Waals surface area contributed by atoms with Crippen molar-refractivity contribution < 1.29 is 0 Å². The van der Waals surface area contributed by atoms with Crippen LogP contribution in [0.4, 0.5) is 0 Å². The van der Waals surface area contributed by atoms with Crippen LogP contribution in [0.1, 0.15) is 12.8 Å². The van der Waals surface area contributed by atoms with Crippen LogP contribution in [0, 0.1) is 0 Å². The molecule has 1 saturated carbocycles. The third-order valence-electron chi connectivity index (χ3n) is 2.89. The summed E-state index contributed by atoms with van der Waals surface area (Å²) < 4.78 is 2.22. The van der Waals surface area contributed by atoms with Crippen LogP contribution >= 0.6 is 11.3 Å². The van der Waals surface area contributed by atoms with Crippen molar-refractivity contribution in [3.8, 4) is 11.3 Å². The minimum absolute atomic E-state index is 0.785. The second-order valence-electron chi connectivity index (χ2n) is 4.21. The monoisotopic (exact) mass is 233 g/mol. The Morgan fingerprint density at radius 3 is 3.19 bits per heavy atom. The number of nitrogens with one attached hydrogen (secondary N) is 1. The van der Waals surface area contributed by atoms with Crippen molar-refractivity contribution in [3.05, 3.63) is 29.4 Å². The van der Waals surface area contributed by atoms with E-state index >= 15 is 0 Å². The van der Waals surface area contributed by atoms with E-state index in [1.165, 1.54) is 24.1 Å². The molecular formula is C12H15N3S.